The van der Waals surface area contributed by atoms with Crippen molar-refractivity contribution >= 4 is 11.9 Å². The summed E-state index contributed by atoms with van der Waals surface area (Å²) in [6.45, 7) is 3.85. The minimum Gasteiger partial charge on any atom is -0.481 e. The van der Waals surface area contributed by atoms with Crippen molar-refractivity contribution in [2.45, 2.75) is 39.7 Å². The van der Waals surface area contributed by atoms with E-state index in [2.05, 4.69) is 15.5 Å². The van der Waals surface area contributed by atoms with E-state index in [1.54, 1.807) is 6.92 Å². The van der Waals surface area contributed by atoms with Gasteiger partial charge in [0.2, 0.25) is 11.8 Å². The number of hydrogen-bond acceptors (Lipinski definition) is 5. The van der Waals surface area contributed by atoms with Crippen molar-refractivity contribution in [2.75, 3.05) is 0 Å². The summed E-state index contributed by atoms with van der Waals surface area (Å²) >= 11 is 0. The number of nitrogens with zero attached hydrogens (tertiary/aromatic N) is 2. The molecule has 2 rings (SSSR count). The van der Waals surface area contributed by atoms with Crippen molar-refractivity contribution in [1.29, 1.82) is 0 Å². The summed E-state index contributed by atoms with van der Waals surface area (Å²) in [5, 5.41) is 15.6. The van der Waals surface area contributed by atoms with E-state index in [4.69, 9.17) is 4.52 Å². The summed E-state index contributed by atoms with van der Waals surface area (Å²) in [4.78, 5) is 27.4. The van der Waals surface area contributed by atoms with Crippen molar-refractivity contribution in [3.05, 3.63) is 11.7 Å². The molecular weight excluding hydrogens is 262 g/mol. The summed E-state index contributed by atoms with van der Waals surface area (Å²) in [7, 11) is 0. The highest BCUT2D eigenvalue weighted by Crippen LogP contribution is 2.38. The standard InChI is InChI=1S/C13H19N3O4/c1-3-8-4-9(10(5-8)13(18)19)12(17)14-6-11-15-7(2)20-16-11/h8-10H,3-6H2,1-2H3,(H,14,17)(H,18,19)/t8?,9-,10+/m0/s1. The smallest absolute Gasteiger partial charge is 0.307 e. The molecular formula is C13H19N3O4. The average Bonchev–Trinajstić information content (AvgIpc) is 3.02. The third kappa shape index (κ3) is 3.15. The summed E-state index contributed by atoms with van der Waals surface area (Å²) in [5.41, 5.74) is 0. The summed E-state index contributed by atoms with van der Waals surface area (Å²) in [6, 6.07) is 0. The molecule has 1 saturated carbocycles. The lowest BCUT2D eigenvalue weighted by Gasteiger charge is -2.14. The van der Waals surface area contributed by atoms with Crippen LogP contribution in [0.15, 0.2) is 4.52 Å². The summed E-state index contributed by atoms with van der Waals surface area (Å²) in [5.74, 6) is -1.05. The van der Waals surface area contributed by atoms with Crippen LogP contribution in [0.4, 0.5) is 0 Å². The third-order valence-electron chi connectivity index (χ3n) is 3.88. The van der Waals surface area contributed by atoms with E-state index in [0.29, 0.717) is 30.5 Å². The maximum Gasteiger partial charge on any atom is 0.307 e. The van der Waals surface area contributed by atoms with Crippen LogP contribution in [-0.4, -0.2) is 27.1 Å². The number of carbonyl (C=O) groups excluding carboxylic acids is 1. The van der Waals surface area contributed by atoms with Gasteiger partial charge < -0.3 is 14.9 Å². The van der Waals surface area contributed by atoms with Crippen LogP contribution in [0.5, 0.6) is 0 Å². The van der Waals surface area contributed by atoms with E-state index in [1.165, 1.54) is 0 Å². The van der Waals surface area contributed by atoms with Crippen LogP contribution in [0.1, 0.15) is 37.9 Å². The fourth-order valence-electron chi connectivity index (χ4n) is 2.75. The Morgan fingerprint density at radius 1 is 1.40 bits per heavy atom. The molecule has 0 aliphatic heterocycles. The van der Waals surface area contributed by atoms with Crippen molar-refractivity contribution in [1.82, 2.24) is 15.5 Å². The zero-order chi connectivity index (χ0) is 14.7. The predicted octanol–water partition coefficient (Wildman–Crippen LogP) is 1.13. The van der Waals surface area contributed by atoms with Gasteiger partial charge in [-0.1, -0.05) is 18.5 Å². The fourth-order valence-corrected chi connectivity index (χ4v) is 2.75. The Kier molecular flexibility index (Phi) is 4.36. The van der Waals surface area contributed by atoms with Crippen LogP contribution in [0.3, 0.4) is 0 Å². The van der Waals surface area contributed by atoms with Gasteiger partial charge in [0, 0.05) is 6.92 Å². The number of nitrogens with one attached hydrogen (secondary N) is 1. The van der Waals surface area contributed by atoms with Crippen LogP contribution >= 0.6 is 0 Å². The second-order valence-corrected chi connectivity index (χ2v) is 5.24. The van der Waals surface area contributed by atoms with Gasteiger partial charge in [-0.05, 0) is 18.8 Å². The van der Waals surface area contributed by atoms with Crippen LogP contribution in [0, 0.1) is 24.7 Å². The minimum absolute atomic E-state index is 0.163. The molecule has 1 amide bonds. The maximum absolute atomic E-state index is 12.1. The largest absolute Gasteiger partial charge is 0.481 e. The summed E-state index contributed by atoms with van der Waals surface area (Å²) < 4.78 is 4.81. The molecule has 0 saturated heterocycles. The highest BCUT2D eigenvalue weighted by atomic mass is 16.5. The van der Waals surface area contributed by atoms with Crippen LogP contribution < -0.4 is 5.32 Å². The molecule has 7 nitrogen and oxygen atoms in total. The van der Waals surface area contributed by atoms with E-state index in [-0.39, 0.29) is 12.5 Å². The Balaban J connectivity index is 1.95. The second kappa shape index (κ2) is 6.02. The molecule has 20 heavy (non-hydrogen) atoms. The second-order valence-electron chi connectivity index (χ2n) is 5.24. The van der Waals surface area contributed by atoms with Gasteiger partial charge in [-0.3, -0.25) is 9.59 Å². The van der Waals surface area contributed by atoms with Crippen LogP contribution in [0.2, 0.25) is 0 Å². The Labute approximate surface area is 116 Å². The molecule has 1 aliphatic carbocycles. The Morgan fingerprint density at radius 2 is 2.10 bits per heavy atom. The van der Waals surface area contributed by atoms with E-state index in [1.807, 2.05) is 6.92 Å². The SMILES string of the molecule is CCC1C[C@H](C(=O)NCc2noc(C)n2)[C@H](C(=O)O)C1. The molecule has 7 heteroatoms. The number of carboxylic acids is 1. The zero-order valence-electron chi connectivity index (χ0n) is 11.6. The Bertz CT molecular complexity index is 500. The molecule has 0 spiro atoms. The molecule has 1 fully saturated rings. The third-order valence-corrected chi connectivity index (χ3v) is 3.88. The fraction of sp³-hybridized carbons (Fsp3) is 0.692. The number of amides is 1. The predicted molar refractivity (Wildman–Crippen MR) is 68.5 cm³/mol. The molecule has 2 N–H and O–H groups in total. The quantitative estimate of drug-likeness (QED) is 0.838. The zero-order valence-corrected chi connectivity index (χ0v) is 11.6. The number of aromatic nitrogens is 2. The van der Waals surface area contributed by atoms with Gasteiger partial charge >= 0.3 is 5.97 Å². The van der Waals surface area contributed by atoms with Crippen molar-refractivity contribution in [3.8, 4) is 0 Å². The molecule has 1 aliphatic rings. The maximum atomic E-state index is 12.1. The van der Waals surface area contributed by atoms with Crippen molar-refractivity contribution in [2.24, 2.45) is 17.8 Å². The van der Waals surface area contributed by atoms with Crippen molar-refractivity contribution < 1.29 is 19.2 Å². The first-order valence-electron chi connectivity index (χ1n) is 6.81. The molecule has 1 heterocycles. The topological polar surface area (TPSA) is 105 Å². The lowest BCUT2D eigenvalue weighted by molar-refractivity contribution is -0.146. The average molecular weight is 281 g/mol. The first-order valence-corrected chi connectivity index (χ1v) is 6.81. The number of aryl methyl sites for hydroxylation is 1. The van der Waals surface area contributed by atoms with Gasteiger partial charge in [0.1, 0.15) is 0 Å². The number of carboxylic acid groups (broad SMARTS) is 1. The van der Waals surface area contributed by atoms with Crippen LogP contribution in [-0.2, 0) is 16.1 Å². The molecule has 1 unspecified atom stereocenters. The normalized spacial score (nSPS) is 25.6. The molecule has 0 bridgehead atoms. The van der Waals surface area contributed by atoms with E-state index >= 15 is 0 Å². The molecule has 1 aromatic heterocycles. The number of aliphatic carboxylic acids is 1. The van der Waals surface area contributed by atoms with Crippen LogP contribution in [0.25, 0.3) is 0 Å². The summed E-state index contributed by atoms with van der Waals surface area (Å²) in [6.07, 6.45) is 2.10. The molecule has 1 aromatic rings. The first-order chi connectivity index (χ1) is 9.51. The molecule has 110 valence electrons. The van der Waals surface area contributed by atoms with E-state index in [9.17, 15) is 14.7 Å². The monoisotopic (exact) mass is 281 g/mol. The molecule has 0 aromatic carbocycles. The number of carbonyl (C=O) groups is 2. The van der Waals surface area contributed by atoms with Gasteiger partial charge in [0.25, 0.3) is 0 Å². The first kappa shape index (κ1) is 14.5. The highest BCUT2D eigenvalue weighted by Gasteiger charge is 2.41. The Hall–Kier alpha value is -1.92. The minimum atomic E-state index is -0.892. The lowest BCUT2D eigenvalue weighted by Crippen LogP contribution is -2.35. The number of rotatable bonds is 5. The van der Waals surface area contributed by atoms with Crippen molar-refractivity contribution in [3.63, 3.8) is 0 Å². The molecule has 3 atom stereocenters. The van der Waals surface area contributed by atoms with Gasteiger partial charge in [-0.2, -0.15) is 4.98 Å². The number of hydrogen-bond donors (Lipinski definition) is 2. The Morgan fingerprint density at radius 3 is 2.65 bits per heavy atom. The molecule has 0 radical (unpaired) electrons. The van der Waals surface area contributed by atoms with Gasteiger partial charge in [-0.25, -0.2) is 0 Å². The van der Waals surface area contributed by atoms with Gasteiger partial charge in [0.15, 0.2) is 5.82 Å². The highest BCUT2D eigenvalue weighted by molar-refractivity contribution is 5.85. The van der Waals surface area contributed by atoms with E-state index < -0.39 is 17.8 Å². The van der Waals surface area contributed by atoms with E-state index in [0.717, 1.165) is 6.42 Å². The lowest BCUT2D eigenvalue weighted by atomic mass is 9.95. The van der Waals surface area contributed by atoms with Gasteiger partial charge in [0.05, 0.1) is 18.4 Å². The van der Waals surface area contributed by atoms with Gasteiger partial charge in [-0.15, -0.1) is 0 Å².